The highest BCUT2D eigenvalue weighted by atomic mass is 35.5. The Morgan fingerprint density at radius 3 is 2.00 bits per heavy atom. The number of hydrogen-bond donors (Lipinski definition) is 0. The van der Waals surface area contributed by atoms with Crippen LogP contribution in [0.3, 0.4) is 0 Å². The second kappa shape index (κ2) is 3.74. The van der Waals surface area contributed by atoms with Gasteiger partial charge in [0.15, 0.2) is 0 Å². The molecule has 1 nitrogen and oxygen atoms in total. The minimum absolute atomic E-state index is 0.319. The number of halogens is 2. The third-order valence-electron chi connectivity index (χ3n) is 1.43. The predicted molar refractivity (Wildman–Crippen MR) is 51.5 cm³/mol. The number of rotatable bonds is 2. The fourth-order valence-corrected chi connectivity index (χ4v) is 1.22. The molecule has 0 atom stereocenters. The number of carbonyl (C=O) groups is 1. The van der Waals surface area contributed by atoms with E-state index in [-0.39, 0.29) is 0 Å². The van der Waals surface area contributed by atoms with Gasteiger partial charge in [-0.3, -0.25) is 4.79 Å². The van der Waals surface area contributed by atoms with Crippen molar-refractivity contribution in [2.24, 2.45) is 0 Å². The van der Waals surface area contributed by atoms with Crippen molar-refractivity contribution in [2.75, 3.05) is 0 Å². The molecule has 0 saturated heterocycles. The summed E-state index contributed by atoms with van der Waals surface area (Å²) in [7, 11) is 0. The molecule has 0 aliphatic carbocycles. The summed E-state index contributed by atoms with van der Waals surface area (Å²) in [5, 5.41) is -0.202. The summed E-state index contributed by atoms with van der Waals surface area (Å²) >= 11 is 11.0. The first-order valence-corrected chi connectivity index (χ1v) is 4.02. The Labute approximate surface area is 80.6 Å². The second-order valence-electron chi connectivity index (χ2n) is 2.22. The van der Waals surface area contributed by atoms with Gasteiger partial charge in [0.05, 0.1) is 0 Å². The molecule has 0 unspecified atom stereocenters. The van der Waals surface area contributed by atoms with Crippen LogP contribution in [0.4, 0.5) is 0 Å². The SMILES string of the molecule is C=C(Cl)c1ccccc1C(=O)Cl. The highest BCUT2D eigenvalue weighted by molar-refractivity contribution is 6.68. The number of hydrogen-bond acceptors (Lipinski definition) is 1. The van der Waals surface area contributed by atoms with Gasteiger partial charge in [0.25, 0.3) is 5.24 Å². The second-order valence-corrected chi connectivity index (χ2v) is 3.02. The molecule has 0 spiro atoms. The summed E-state index contributed by atoms with van der Waals surface area (Å²) in [5.41, 5.74) is 0.971. The zero-order chi connectivity index (χ0) is 9.14. The molecule has 1 aromatic rings. The molecule has 12 heavy (non-hydrogen) atoms. The lowest BCUT2D eigenvalue weighted by atomic mass is 10.1. The third kappa shape index (κ3) is 1.87. The van der Waals surface area contributed by atoms with E-state index in [9.17, 15) is 4.79 Å². The van der Waals surface area contributed by atoms with Gasteiger partial charge in [-0.2, -0.15) is 0 Å². The molecule has 0 radical (unpaired) electrons. The average molecular weight is 201 g/mol. The fraction of sp³-hybridized carbons (Fsp3) is 0. The summed E-state index contributed by atoms with van der Waals surface area (Å²) in [5.74, 6) is 0. The van der Waals surface area contributed by atoms with E-state index in [0.717, 1.165) is 0 Å². The maximum atomic E-state index is 10.8. The molecule has 0 aliphatic rings. The molecule has 0 aromatic heterocycles. The minimum atomic E-state index is -0.521. The van der Waals surface area contributed by atoms with Crippen LogP contribution in [-0.2, 0) is 0 Å². The highest BCUT2D eigenvalue weighted by Crippen LogP contribution is 2.21. The summed E-state index contributed by atoms with van der Waals surface area (Å²) in [4.78, 5) is 10.8. The van der Waals surface area contributed by atoms with Crippen LogP contribution >= 0.6 is 23.2 Å². The van der Waals surface area contributed by atoms with Crippen molar-refractivity contribution in [1.29, 1.82) is 0 Å². The van der Waals surface area contributed by atoms with E-state index in [2.05, 4.69) is 6.58 Å². The normalized spacial score (nSPS) is 9.50. The summed E-state index contributed by atoms with van der Waals surface area (Å²) in [6, 6.07) is 6.80. The number of benzene rings is 1. The van der Waals surface area contributed by atoms with E-state index in [1.807, 2.05) is 0 Å². The van der Waals surface area contributed by atoms with E-state index in [1.54, 1.807) is 24.3 Å². The number of carbonyl (C=O) groups excluding carboxylic acids is 1. The summed E-state index contributed by atoms with van der Waals surface area (Å²) in [6.45, 7) is 3.52. The van der Waals surface area contributed by atoms with Gasteiger partial charge in [-0.15, -0.1) is 0 Å². The van der Waals surface area contributed by atoms with Crippen molar-refractivity contribution < 1.29 is 4.79 Å². The van der Waals surface area contributed by atoms with Crippen molar-refractivity contribution in [3.8, 4) is 0 Å². The topological polar surface area (TPSA) is 17.1 Å². The van der Waals surface area contributed by atoms with E-state index in [1.165, 1.54) is 0 Å². The Morgan fingerprint density at radius 1 is 1.17 bits per heavy atom. The first-order chi connectivity index (χ1) is 5.63. The monoisotopic (exact) mass is 200 g/mol. The molecule has 1 rings (SSSR count). The fourth-order valence-electron chi connectivity index (χ4n) is 0.891. The van der Waals surface area contributed by atoms with Crippen molar-refractivity contribution in [1.82, 2.24) is 0 Å². The molecule has 62 valence electrons. The molecule has 0 saturated carbocycles. The molecule has 0 N–H and O–H groups in total. The van der Waals surface area contributed by atoms with Crippen LogP contribution in [0, 0.1) is 0 Å². The quantitative estimate of drug-likeness (QED) is 0.671. The maximum absolute atomic E-state index is 10.8. The highest BCUT2D eigenvalue weighted by Gasteiger charge is 2.08. The Balaban J connectivity index is 3.27. The maximum Gasteiger partial charge on any atom is 0.253 e. The molecular weight excluding hydrogens is 195 g/mol. The smallest absolute Gasteiger partial charge is 0.253 e. The Kier molecular flexibility index (Phi) is 2.90. The molecule has 3 heteroatoms. The van der Waals surface area contributed by atoms with Crippen LogP contribution in [0.5, 0.6) is 0 Å². The van der Waals surface area contributed by atoms with Gasteiger partial charge in [0.2, 0.25) is 0 Å². The van der Waals surface area contributed by atoms with Crippen molar-refractivity contribution >= 4 is 33.5 Å². The van der Waals surface area contributed by atoms with Crippen LogP contribution in [0.15, 0.2) is 30.8 Å². The minimum Gasteiger partial charge on any atom is -0.276 e. The van der Waals surface area contributed by atoms with Crippen molar-refractivity contribution in [3.63, 3.8) is 0 Å². The van der Waals surface area contributed by atoms with E-state index < -0.39 is 5.24 Å². The lowest BCUT2D eigenvalue weighted by molar-refractivity contribution is 0.108. The average Bonchev–Trinajstić information content (AvgIpc) is 2.04. The van der Waals surface area contributed by atoms with Crippen LogP contribution in [-0.4, -0.2) is 5.24 Å². The van der Waals surface area contributed by atoms with Crippen molar-refractivity contribution in [3.05, 3.63) is 42.0 Å². The van der Waals surface area contributed by atoms with Gasteiger partial charge in [-0.05, 0) is 17.7 Å². The van der Waals surface area contributed by atoms with Crippen LogP contribution in [0.2, 0.25) is 0 Å². The van der Waals surface area contributed by atoms with Gasteiger partial charge >= 0.3 is 0 Å². The lowest BCUT2D eigenvalue weighted by Gasteiger charge is -2.01. The van der Waals surface area contributed by atoms with Crippen LogP contribution in [0.25, 0.3) is 5.03 Å². The Bertz CT molecular complexity index is 298. The molecule has 0 bridgehead atoms. The Hall–Kier alpha value is -0.790. The summed E-state index contributed by atoms with van der Waals surface area (Å²) < 4.78 is 0. The van der Waals surface area contributed by atoms with Gasteiger partial charge < -0.3 is 0 Å². The van der Waals surface area contributed by atoms with E-state index in [0.29, 0.717) is 16.2 Å². The van der Waals surface area contributed by atoms with Gasteiger partial charge in [-0.1, -0.05) is 36.4 Å². The standard InChI is InChI=1S/C9H6Cl2O/c1-6(10)7-4-2-3-5-8(7)9(11)12/h2-5H,1H2. The molecule has 0 heterocycles. The van der Waals surface area contributed by atoms with Gasteiger partial charge in [-0.25, -0.2) is 0 Å². The van der Waals surface area contributed by atoms with Crippen molar-refractivity contribution in [2.45, 2.75) is 0 Å². The third-order valence-corrected chi connectivity index (χ3v) is 1.84. The largest absolute Gasteiger partial charge is 0.276 e. The zero-order valence-corrected chi connectivity index (χ0v) is 7.69. The van der Waals surface area contributed by atoms with E-state index in [4.69, 9.17) is 23.2 Å². The first kappa shape index (κ1) is 9.30. The molecule has 0 fully saturated rings. The Morgan fingerprint density at radius 2 is 1.67 bits per heavy atom. The molecule has 1 aromatic carbocycles. The molecule has 0 aliphatic heterocycles. The van der Waals surface area contributed by atoms with Crippen LogP contribution in [0.1, 0.15) is 15.9 Å². The van der Waals surface area contributed by atoms with Gasteiger partial charge in [0, 0.05) is 16.2 Å². The predicted octanol–water partition coefficient (Wildman–Crippen LogP) is 3.28. The van der Waals surface area contributed by atoms with Crippen LogP contribution < -0.4 is 0 Å². The zero-order valence-electron chi connectivity index (χ0n) is 6.18. The molecule has 0 amide bonds. The van der Waals surface area contributed by atoms with E-state index >= 15 is 0 Å². The lowest BCUT2D eigenvalue weighted by Crippen LogP contribution is -1.93. The summed E-state index contributed by atoms with van der Waals surface area (Å²) in [6.07, 6.45) is 0. The molecular formula is C9H6Cl2O. The van der Waals surface area contributed by atoms with Gasteiger partial charge in [0.1, 0.15) is 0 Å². The first-order valence-electron chi connectivity index (χ1n) is 3.26.